The predicted molar refractivity (Wildman–Crippen MR) is 111 cm³/mol. The molecule has 9 heteroatoms. The third-order valence-corrected chi connectivity index (χ3v) is 5.09. The Kier molecular flexibility index (Phi) is 5.12. The molecule has 2 aromatic rings. The summed E-state index contributed by atoms with van der Waals surface area (Å²) in [7, 11) is 1.28. The first kappa shape index (κ1) is 19.2. The average molecular weight is 431 g/mol. The molecule has 2 aliphatic heterocycles. The zero-order valence-electron chi connectivity index (χ0n) is 15.3. The SMILES string of the molecule is COC(=O)CN1C(=S)N(c2ccc(Cl)cc2)C(=O)/C1=C/c1ccc2c(c1)OCO2. The second-order valence-electron chi connectivity index (χ2n) is 6.20. The number of nitrogens with zero attached hydrogens (tertiary/aromatic N) is 2. The smallest absolute Gasteiger partial charge is 0.325 e. The van der Waals surface area contributed by atoms with Gasteiger partial charge in [-0.15, -0.1) is 0 Å². The Balaban J connectivity index is 1.74. The van der Waals surface area contributed by atoms with E-state index in [1.807, 2.05) is 0 Å². The largest absolute Gasteiger partial charge is 0.468 e. The van der Waals surface area contributed by atoms with Gasteiger partial charge in [0.2, 0.25) is 6.79 Å². The molecule has 0 radical (unpaired) electrons. The van der Waals surface area contributed by atoms with E-state index in [0.29, 0.717) is 27.8 Å². The molecule has 0 bridgehead atoms. The molecule has 29 heavy (non-hydrogen) atoms. The Morgan fingerprint density at radius 3 is 2.66 bits per heavy atom. The second kappa shape index (κ2) is 7.73. The number of esters is 1. The van der Waals surface area contributed by atoms with Crippen LogP contribution in [-0.2, 0) is 14.3 Å². The lowest BCUT2D eigenvalue weighted by molar-refractivity contribution is -0.140. The number of amides is 1. The molecule has 2 aromatic carbocycles. The third-order valence-electron chi connectivity index (χ3n) is 4.43. The van der Waals surface area contributed by atoms with E-state index >= 15 is 0 Å². The summed E-state index contributed by atoms with van der Waals surface area (Å²) >= 11 is 11.4. The molecule has 2 heterocycles. The molecule has 0 atom stereocenters. The van der Waals surface area contributed by atoms with Gasteiger partial charge in [0, 0.05) is 5.02 Å². The predicted octanol–water partition coefficient (Wildman–Crippen LogP) is 3.22. The highest BCUT2D eigenvalue weighted by Gasteiger charge is 2.40. The van der Waals surface area contributed by atoms with Gasteiger partial charge in [0.1, 0.15) is 12.2 Å². The van der Waals surface area contributed by atoms with Crippen LogP contribution in [0.5, 0.6) is 11.5 Å². The molecule has 2 aliphatic rings. The molecule has 1 fully saturated rings. The minimum absolute atomic E-state index is 0.150. The summed E-state index contributed by atoms with van der Waals surface area (Å²) in [6.07, 6.45) is 1.65. The Bertz CT molecular complexity index is 1040. The zero-order chi connectivity index (χ0) is 20.5. The number of carbonyl (C=O) groups excluding carboxylic acids is 2. The number of ether oxygens (including phenoxy) is 3. The summed E-state index contributed by atoms with van der Waals surface area (Å²) < 4.78 is 15.5. The Labute approximate surface area is 177 Å². The van der Waals surface area contributed by atoms with E-state index in [4.69, 9.17) is 38.0 Å². The van der Waals surface area contributed by atoms with Crippen molar-refractivity contribution in [3.63, 3.8) is 0 Å². The normalized spacial score (nSPS) is 16.7. The summed E-state index contributed by atoms with van der Waals surface area (Å²) in [5.41, 5.74) is 1.50. The molecule has 148 valence electrons. The van der Waals surface area contributed by atoms with Gasteiger partial charge < -0.3 is 19.1 Å². The lowest BCUT2D eigenvalue weighted by atomic mass is 10.1. The molecule has 0 aromatic heterocycles. The molecule has 0 N–H and O–H groups in total. The van der Waals surface area contributed by atoms with Crippen molar-refractivity contribution >= 4 is 52.6 Å². The number of rotatable bonds is 4. The fourth-order valence-corrected chi connectivity index (χ4v) is 3.48. The van der Waals surface area contributed by atoms with E-state index in [-0.39, 0.29) is 30.1 Å². The van der Waals surface area contributed by atoms with Crippen LogP contribution in [0.2, 0.25) is 5.02 Å². The molecule has 0 saturated carbocycles. The number of anilines is 1. The van der Waals surface area contributed by atoms with Crippen LogP contribution in [0.1, 0.15) is 5.56 Å². The molecule has 7 nitrogen and oxygen atoms in total. The zero-order valence-corrected chi connectivity index (χ0v) is 16.8. The number of halogens is 1. The van der Waals surface area contributed by atoms with Crippen LogP contribution in [-0.4, -0.2) is 42.3 Å². The van der Waals surface area contributed by atoms with E-state index in [2.05, 4.69) is 0 Å². The van der Waals surface area contributed by atoms with Crippen LogP contribution in [0.15, 0.2) is 48.2 Å². The highest BCUT2D eigenvalue weighted by atomic mass is 35.5. The van der Waals surface area contributed by atoms with Gasteiger partial charge in [0.05, 0.1) is 12.8 Å². The van der Waals surface area contributed by atoms with E-state index in [9.17, 15) is 9.59 Å². The number of fused-ring (bicyclic) bond motifs is 1. The number of carbonyl (C=O) groups is 2. The Hall–Kier alpha value is -3.10. The van der Waals surface area contributed by atoms with E-state index in [0.717, 1.165) is 0 Å². The minimum Gasteiger partial charge on any atom is -0.468 e. The maximum Gasteiger partial charge on any atom is 0.325 e. The molecule has 0 unspecified atom stereocenters. The van der Waals surface area contributed by atoms with Crippen LogP contribution >= 0.6 is 23.8 Å². The van der Waals surface area contributed by atoms with Gasteiger partial charge in [-0.1, -0.05) is 17.7 Å². The molecule has 0 aliphatic carbocycles. The highest BCUT2D eigenvalue weighted by Crippen LogP contribution is 2.35. The quantitative estimate of drug-likeness (QED) is 0.419. The highest BCUT2D eigenvalue weighted by molar-refractivity contribution is 7.80. The van der Waals surface area contributed by atoms with E-state index in [1.165, 1.54) is 16.9 Å². The maximum atomic E-state index is 13.2. The van der Waals surface area contributed by atoms with Crippen molar-refractivity contribution in [1.82, 2.24) is 4.90 Å². The van der Waals surface area contributed by atoms with Crippen LogP contribution in [0, 0.1) is 0 Å². The Morgan fingerprint density at radius 2 is 1.93 bits per heavy atom. The van der Waals surface area contributed by atoms with Crippen LogP contribution in [0.4, 0.5) is 5.69 Å². The maximum absolute atomic E-state index is 13.2. The topological polar surface area (TPSA) is 68.3 Å². The summed E-state index contributed by atoms with van der Waals surface area (Å²) in [6.45, 7) is -0.0429. The van der Waals surface area contributed by atoms with Gasteiger partial charge in [-0.05, 0) is 60.3 Å². The van der Waals surface area contributed by atoms with Crippen LogP contribution < -0.4 is 14.4 Å². The van der Waals surface area contributed by atoms with E-state index < -0.39 is 5.97 Å². The molecule has 0 spiro atoms. The lowest BCUT2D eigenvalue weighted by Crippen LogP contribution is -2.35. The fourth-order valence-electron chi connectivity index (χ4n) is 3.01. The van der Waals surface area contributed by atoms with Gasteiger partial charge in [0.15, 0.2) is 16.6 Å². The van der Waals surface area contributed by atoms with Gasteiger partial charge in [0.25, 0.3) is 5.91 Å². The first-order valence-corrected chi connectivity index (χ1v) is 9.36. The van der Waals surface area contributed by atoms with Crippen molar-refractivity contribution in [1.29, 1.82) is 0 Å². The van der Waals surface area contributed by atoms with Gasteiger partial charge in [-0.25, -0.2) is 0 Å². The monoisotopic (exact) mass is 430 g/mol. The third kappa shape index (κ3) is 3.64. The number of benzene rings is 2. The molecular weight excluding hydrogens is 416 g/mol. The summed E-state index contributed by atoms with van der Waals surface area (Å²) in [6, 6.07) is 12.0. The molecule has 4 rings (SSSR count). The number of hydrogen-bond acceptors (Lipinski definition) is 6. The van der Waals surface area contributed by atoms with Crippen molar-refractivity contribution < 1.29 is 23.8 Å². The van der Waals surface area contributed by atoms with Crippen molar-refractivity contribution in [2.45, 2.75) is 0 Å². The van der Waals surface area contributed by atoms with Gasteiger partial charge in [-0.3, -0.25) is 14.5 Å². The van der Waals surface area contributed by atoms with Crippen molar-refractivity contribution in [3.8, 4) is 11.5 Å². The molecular formula is C20H15ClN2O5S. The first-order chi connectivity index (χ1) is 14.0. The van der Waals surface area contributed by atoms with Crippen molar-refractivity contribution in [2.75, 3.05) is 25.3 Å². The van der Waals surface area contributed by atoms with Gasteiger partial charge in [-0.2, -0.15) is 0 Å². The molecule has 1 amide bonds. The van der Waals surface area contributed by atoms with Crippen molar-refractivity contribution in [2.24, 2.45) is 0 Å². The van der Waals surface area contributed by atoms with Crippen LogP contribution in [0.25, 0.3) is 6.08 Å². The van der Waals surface area contributed by atoms with Crippen LogP contribution in [0.3, 0.4) is 0 Å². The first-order valence-electron chi connectivity index (χ1n) is 8.57. The summed E-state index contributed by atoms with van der Waals surface area (Å²) in [5, 5.41) is 0.712. The minimum atomic E-state index is -0.519. The second-order valence-corrected chi connectivity index (χ2v) is 7.01. The van der Waals surface area contributed by atoms with E-state index in [1.54, 1.807) is 48.5 Å². The fraction of sp³-hybridized carbons (Fsp3) is 0.150. The van der Waals surface area contributed by atoms with Gasteiger partial charge >= 0.3 is 5.97 Å². The number of hydrogen-bond donors (Lipinski definition) is 0. The summed E-state index contributed by atoms with van der Waals surface area (Å²) in [4.78, 5) is 27.9. The number of thiocarbonyl (C=S) groups is 1. The molecule has 1 saturated heterocycles. The van der Waals surface area contributed by atoms with Crippen molar-refractivity contribution in [3.05, 3.63) is 58.7 Å². The Morgan fingerprint density at radius 1 is 1.21 bits per heavy atom. The lowest BCUT2D eigenvalue weighted by Gasteiger charge is -2.19. The standard InChI is InChI=1S/C20H15ClN2O5S/c1-26-18(24)10-22-15(8-12-2-7-16-17(9-12)28-11-27-16)19(25)23(20(22)29)14-5-3-13(21)4-6-14/h2-9H,10-11H2,1H3/b15-8-. The average Bonchev–Trinajstić information content (AvgIpc) is 3.27. The number of methoxy groups -OCH3 is 1. The summed E-state index contributed by atoms with van der Waals surface area (Å²) in [5.74, 6) is 0.338.